The number of aromatic nitrogens is 2. The van der Waals surface area contributed by atoms with Crippen LogP contribution in [0.1, 0.15) is 6.92 Å². The predicted octanol–water partition coefficient (Wildman–Crippen LogP) is 2.16. The van der Waals surface area contributed by atoms with Crippen LogP contribution in [0.15, 0.2) is 17.8 Å². The summed E-state index contributed by atoms with van der Waals surface area (Å²) in [6.45, 7) is 4.33. The van der Waals surface area contributed by atoms with Crippen molar-refractivity contribution in [2.75, 3.05) is 31.7 Å². The van der Waals surface area contributed by atoms with Crippen LogP contribution in [0.2, 0.25) is 0 Å². The number of thiophene rings is 1. The average molecular weight is 237 g/mol. The molecule has 4 nitrogen and oxygen atoms in total. The third-order valence-corrected chi connectivity index (χ3v) is 3.20. The highest BCUT2D eigenvalue weighted by Gasteiger charge is 2.08. The third-order valence-electron chi connectivity index (χ3n) is 2.38. The van der Waals surface area contributed by atoms with E-state index in [0.29, 0.717) is 0 Å². The van der Waals surface area contributed by atoms with Crippen LogP contribution in [-0.2, 0) is 4.74 Å². The van der Waals surface area contributed by atoms with Crippen LogP contribution in [0.3, 0.4) is 0 Å². The summed E-state index contributed by atoms with van der Waals surface area (Å²) in [5, 5.41) is 3.16. The Bertz CT molecular complexity index is 457. The lowest BCUT2D eigenvalue weighted by atomic mass is 10.3. The second kappa shape index (κ2) is 5.23. The van der Waals surface area contributed by atoms with E-state index in [1.807, 2.05) is 19.4 Å². The summed E-state index contributed by atoms with van der Waals surface area (Å²) in [6, 6.07) is 2.06. The minimum Gasteiger partial charge on any atom is -0.380 e. The van der Waals surface area contributed by atoms with E-state index in [4.69, 9.17) is 4.74 Å². The lowest BCUT2D eigenvalue weighted by Crippen LogP contribution is -2.23. The highest BCUT2D eigenvalue weighted by Crippen LogP contribution is 2.25. The zero-order valence-electron chi connectivity index (χ0n) is 9.51. The SMILES string of the molecule is CCOCCN(C)c1ncnc2sccc12. The summed E-state index contributed by atoms with van der Waals surface area (Å²) < 4.78 is 5.34. The van der Waals surface area contributed by atoms with E-state index < -0.39 is 0 Å². The molecule has 2 rings (SSSR count). The summed E-state index contributed by atoms with van der Waals surface area (Å²) in [6.07, 6.45) is 1.62. The van der Waals surface area contributed by atoms with Crippen LogP contribution >= 0.6 is 11.3 Å². The highest BCUT2D eigenvalue weighted by molar-refractivity contribution is 7.16. The summed E-state index contributed by atoms with van der Waals surface area (Å²) in [7, 11) is 2.03. The largest absolute Gasteiger partial charge is 0.380 e. The number of fused-ring (bicyclic) bond motifs is 1. The summed E-state index contributed by atoms with van der Waals surface area (Å²) in [5.41, 5.74) is 0. The molecular formula is C11H15N3OS. The van der Waals surface area contributed by atoms with Crippen molar-refractivity contribution in [3.8, 4) is 0 Å². The summed E-state index contributed by atoms with van der Waals surface area (Å²) in [4.78, 5) is 11.7. The molecule has 2 aromatic rings. The first-order valence-electron chi connectivity index (χ1n) is 5.30. The Labute approximate surface area is 98.9 Å². The van der Waals surface area contributed by atoms with Crippen LogP contribution < -0.4 is 4.90 Å². The minimum atomic E-state index is 0.725. The first kappa shape index (κ1) is 11.3. The van der Waals surface area contributed by atoms with Gasteiger partial charge in [0.25, 0.3) is 0 Å². The molecule has 2 aromatic heterocycles. The number of anilines is 1. The molecule has 2 heterocycles. The zero-order valence-corrected chi connectivity index (χ0v) is 10.3. The van der Waals surface area contributed by atoms with Gasteiger partial charge >= 0.3 is 0 Å². The topological polar surface area (TPSA) is 38.2 Å². The Balaban J connectivity index is 2.15. The van der Waals surface area contributed by atoms with Gasteiger partial charge in [0.15, 0.2) is 0 Å². The first-order chi connectivity index (χ1) is 7.83. The molecule has 0 radical (unpaired) electrons. The fraction of sp³-hybridized carbons (Fsp3) is 0.455. The van der Waals surface area contributed by atoms with Gasteiger partial charge in [-0.3, -0.25) is 0 Å². The lowest BCUT2D eigenvalue weighted by molar-refractivity contribution is 0.154. The van der Waals surface area contributed by atoms with Crippen LogP contribution in [-0.4, -0.2) is 36.8 Å². The van der Waals surface area contributed by atoms with Crippen molar-refractivity contribution in [1.82, 2.24) is 9.97 Å². The van der Waals surface area contributed by atoms with Gasteiger partial charge < -0.3 is 9.64 Å². The molecular weight excluding hydrogens is 222 g/mol. The number of hydrogen-bond donors (Lipinski definition) is 0. The van der Waals surface area contributed by atoms with Gasteiger partial charge in [0.05, 0.1) is 12.0 Å². The molecule has 0 fully saturated rings. The molecule has 0 aromatic carbocycles. The van der Waals surface area contributed by atoms with E-state index in [1.54, 1.807) is 17.7 Å². The lowest BCUT2D eigenvalue weighted by Gasteiger charge is -2.18. The van der Waals surface area contributed by atoms with Gasteiger partial charge in [-0.25, -0.2) is 9.97 Å². The molecule has 0 aliphatic carbocycles. The van der Waals surface area contributed by atoms with Gasteiger partial charge in [-0.1, -0.05) is 0 Å². The quantitative estimate of drug-likeness (QED) is 0.747. The summed E-state index contributed by atoms with van der Waals surface area (Å²) >= 11 is 1.64. The fourth-order valence-corrected chi connectivity index (χ4v) is 2.26. The minimum absolute atomic E-state index is 0.725. The molecule has 0 bridgehead atoms. The van der Waals surface area contributed by atoms with Crippen LogP contribution in [0, 0.1) is 0 Å². The van der Waals surface area contributed by atoms with Crippen molar-refractivity contribution in [1.29, 1.82) is 0 Å². The van der Waals surface area contributed by atoms with Crippen molar-refractivity contribution in [2.45, 2.75) is 6.92 Å². The van der Waals surface area contributed by atoms with Crippen LogP contribution in [0.4, 0.5) is 5.82 Å². The standard InChI is InChI=1S/C11H15N3OS/c1-3-15-6-5-14(2)10-9-4-7-16-11(9)13-8-12-10/h4,7-8H,3,5-6H2,1-2H3. The monoisotopic (exact) mass is 237 g/mol. The average Bonchev–Trinajstić information content (AvgIpc) is 2.76. The van der Waals surface area contributed by atoms with Gasteiger partial charge in [0.2, 0.25) is 0 Å². The molecule has 0 unspecified atom stereocenters. The Hall–Kier alpha value is -1.20. The molecule has 0 atom stereocenters. The fourth-order valence-electron chi connectivity index (χ4n) is 1.53. The number of likely N-dealkylation sites (N-methyl/N-ethyl adjacent to an activating group) is 1. The molecule has 86 valence electrons. The second-order valence-corrected chi connectivity index (χ2v) is 4.35. The molecule has 0 amide bonds. The Morgan fingerprint density at radius 1 is 1.44 bits per heavy atom. The van der Waals surface area contributed by atoms with Crippen LogP contribution in [0.25, 0.3) is 10.2 Å². The Morgan fingerprint density at radius 2 is 2.31 bits per heavy atom. The molecule has 0 N–H and O–H groups in total. The van der Waals surface area contributed by atoms with E-state index in [9.17, 15) is 0 Å². The molecule has 0 aliphatic heterocycles. The first-order valence-corrected chi connectivity index (χ1v) is 6.18. The maximum Gasteiger partial charge on any atom is 0.140 e. The Kier molecular flexibility index (Phi) is 3.69. The Morgan fingerprint density at radius 3 is 3.12 bits per heavy atom. The normalized spacial score (nSPS) is 10.9. The third kappa shape index (κ3) is 2.31. The maximum atomic E-state index is 5.34. The van der Waals surface area contributed by atoms with Gasteiger partial charge in [-0.2, -0.15) is 0 Å². The zero-order chi connectivity index (χ0) is 11.4. The molecule has 16 heavy (non-hydrogen) atoms. The predicted molar refractivity (Wildman–Crippen MR) is 67.2 cm³/mol. The number of nitrogens with zero attached hydrogens (tertiary/aromatic N) is 3. The molecule has 0 saturated carbocycles. The molecule has 0 aliphatic rings. The number of rotatable bonds is 5. The van der Waals surface area contributed by atoms with Crippen molar-refractivity contribution in [3.05, 3.63) is 17.8 Å². The molecule has 0 spiro atoms. The van der Waals surface area contributed by atoms with Gasteiger partial charge in [0.1, 0.15) is 17.0 Å². The van der Waals surface area contributed by atoms with Crippen molar-refractivity contribution in [3.63, 3.8) is 0 Å². The van der Waals surface area contributed by atoms with Crippen molar-refractivity contribution < 1.29 is 4.74 Å². The van der Waals surface area contributed by atoms with Crippen LogP contribution in [0.5, 0.6) is 0 Å². The second-order valence-electron chi connectivity index (χ2n) is 3.46. The van der Waals surface area contributed by atoms with Gasteiger partial charge in [-0.05, 0) is 18.4 Å². The van der Waals surface area contributed by atoms with Crippen molar-refractivity contribution in [2.24, 2.45) is 0 Å². The maximum absolute atomic E-state index is 5.34. The smallest absolute Gasteiger partial charge is 0.140 e. The summed E-state index contributed by atoms with van der Waals surface area (Å²) in [5.74, 6) is 0.978. The van der Waals surface area contributed by atoms with Gasteiger partial charge in [0, 0.05) is 20.2 Å². The molecule has 0 saturated heterocycles. The van der Waals surface area contributed by atoms with Gasteiger partial charge in [-0.15, -0.1) is 11.3 Å². The number of ether oxygens (including phenoxy) is 1. The van der Waals surface area contributed by atoms with E-state index in [2.05, 4.69) is 20.9 Å². The number of hydrogen-bond acceptors (Lipinski definition) is 5. The van der Waals surface area contributed by atoms with E-state index in [0.717, 1.165) is 35.8 Å². The van der Waals surface area contributed by atoms with E-state index in [-0.39, 0.29) is 0 Å². The van der Waals surface area contributed by atoms with Crippen molar-refractivity contribution >= 4 is 27.4 Å². The molecule has 5 heteroatoms. The van der Waals surface area contributed by atoms with E-state index in [1.165, 1.54) is 0 Å². The van der Waals surface area contributed by atoms with E-state index >= 15 is 0 Å². The highest BCUT2D eigenvalue weighted by atomic mass is 32.1.